The van der Waals surface area contributed by atoms with Crippen LogP contribution in [0.25, 0.3) is 0 Å². The molecule has 2 aromatic rings. The summed E-state index contributed by atoms with van der Waals surface area (Å²) in [6.45, 7) is 9.42. The third kappa shape index (κ3) is 6.93. The van der Waals surface area contributed by atoms with E-state index in [4.69, 9.17) is 9.47 Å². The number of pyridine rings is 1. The lowest BCUT2D eigenvalue weighted by atomic mass is 10.1. The average Bonchev–Trinajstić information content (AvgIpc) is 2.58. The van der Waals surface area contributed by atoms with E-state index in [2.05, 4.69) is 10.3 Å². The molecule has 0 saturated carbocycles. The van der Waals surface area contributed by atoms with Gasteiger partial charge in [-0.2, -0.15) is 0 Å². The molecule has 0 unspecified atom stereocenters. The lowest BCUT2D eigenvalue weighted by Crippen LogP contribution is -2.23. The molecule has 1 aromatic heterocycles. The molecule has 1 heterocycles. The third-order valence-corrected chi connectivity index (χ3v) is 3.44. The molecule has 2 rings (SSSR count). The van der Waals surface area contributed by atoms with Crippen LogP contribution in [0.3, 0.4) is 0 Å². The molecule has 5 nitrogen and oxygen atoms in total. The number of hydrogen-bond donors (Lipinski definition) is 1. The molecule has 0 aliphatic heterocycles. The number of benzene rings is 1. The quantitative estimate of drug-likeness (QED) is 0.782. The summed E-state index contributed by atoms with van der Waals surface area (Å²) in [4.78, 5) is 16.3. The normalized spacial score (nSPS) is 11.2. The summed E-state index contributed by atoms with van der Waals surface area (Å²) in [5.74, 6) is 0.322. The van der Waals surface area contributed by atoms with Gasteiger partial charge in [0.1, 0.15) is 6.61 Å². The van der Waals surface area contributed by atoms with Crippen molar-refractivity contribution < 1.29 is 14.3 Å². The molecule has 0 spiro atoms. The maximum Gasteiger partial charge on any atom is 0.253 e. The van der Waals surface area contributed by atoms with E-state index in [0.717, 1.165) is 5.56 Å². The first-order chi connectivity index (χ1) is 11.8. The largest absolute Gasteiger partial charge is 0.475 e. The zero-order valence-corrected chi connectivity index (χ0v) is 15.3. The topological polar surface area (TPSA) is 60.5 Å². The fourth-order valence-corrected chi connectivity index (χ4v) is 2.08. The van der Waals surface area contributed by atoms with E-state index in [1.54, 1.807) is 12.1 Å². The highest BCUT2D eigenvalue weighted by Crippen LogP contribution is 2.10. The van der Waals surface area contributed by atoms with Gasteiger partial charge < -0.3 is 14.8 Å². The highest BCUT2D eigenvalue weighted by Gasteiger charge is 2.10. The number of hydrogen-bond acceptors (Lipinski definition) is 4. The second kappa shape index (κ2) is 8.62. The number of carbonyl (C=O) groups is 1. The van der Waals surface area contributed by atoms with Gasteiger partial charge in [0.05, 0.1) is 17.8 Å². The minimum atomic E-state index is -0.184. The molecular formula is C20H26N2O3. The fraction of sp³-hybridized carbons (Fsp3) is 0.400. The molecule has 0 saturated heterocycles. The minimum Gasteiger partial charge on any atom is -0.475 e. The summed E-state index contributed by atoms with van der Waals surface area (Å²) >= 11 is 0. The summed E-state index contributed by atoms with van der Waals surface area (Å²) < 4.78 is 11.1. The van der Waals surface area contributed by atoms with Crippen molar-refractivity contribution >= 4 is 5.91 Å². The van der Waals surface area contributed by atoms with Crippen molar-refractivity contribution in [2.45, 2.75) is 39.8 Å². The third-order valence-electron chi connectivity index (χ3n) is 3.44. The highest BCUT2D eigenvalue weighted by atomic mass is 16.5. The van der Waals surface area contributed by atoms with Crippen molar-refractivity contribution in [3.63, 3.8) is 0 Å². The molecule has 0 fully saturated rings. The summed E-state index contributed by atoms with van der Waals surface area (Å²) in [5, 5.41) is 2.88. The monoisotopic (exact) mass is 342 g/mol. The number of aromatic nitrogens is 1. The minimum absolute atomic E-state index is 0.157. The van der Waals surface area contributed by atoms with E-state index >= 15 is 0 Å². The van der Waals surface area contributed by atoms with E-state index < -0.39 is 0 Å². The summed E-state index contributed by atoms with van der Waals surface area (Å²) in [5.41, 5.74) is 2.58. The van der Waals surface area contributed by atoms with Crippen molar-refractivity contribution in [2.24, 2.45) is 0 Å². The molecule has 0 aliphatic rings. The Morgan fingerprint density at radius 3 is 2.40 bits per heavy atom. The zero-order valence-electron chi connectivity index (χ0n) is 15.3. The smallest absolute Gasteiger partial charge is 0.253 e. The Kier molecular flexibility index (Phi) is 6.53. The van der Waals surface area contributed by atoms with Gasteiger partial charge in [0.2, 0.25) is 5.88 Å². The number of amides is 1. The first-order valence-corrected chi connectivity index (χ1v) is 8.40. The summed E-state index contributed by atoms with van der Waals surface area (Å²) in [6.07, 6.45) is 1.52. The number of ether oxygens (including phenoxy) is 2. The predicted molar refractivity (Wildman–Crippen MR) is 97.8 cm³/mol. The maximum atomic E-state index is 12.2. The molecule has 1 aromatic carbocycles. The predicted octanol–water partition coefficient (Wildman–Crippen LogP) is 3.51. The van der Waals surface area contributed by atoms with Gasteiger partial charge in [0, 0.05) is 18.8 Å². The van der Waals surface area contributed by atoms with E-state index in [-0.39, 0.29) is 11.5 Å². The van der Waals surface area contributed by atoms with Gasteiger partial charge in [0.15, 0.2) is 0 Å². The number of aryl methyl sites for hydroxylation is 1. The van der Waals surface area contributed by atoms with E-state index in [9.17, 15) is 4.79 Å². The molecular weight excluding hydrogens is 316 g/mol. The van der Waals surface area contributed by atoms with Crippen molar-refractivity contribution in [1.82, 2.24) is 10.3 Å². The lowest BCUT2D eigenvalue weighted by molar-refractivity contribution is -0.0168. The van der Waals surface area contributed by atoms with Crippen LogP contribution in [0.15, 0.2) is 42.6 Å². The Bertz CT molecular complexity index is 674. The van der Waals surface area contributed by atoms with Crippen molar-refractivity contribution in [1.29, 1.82) is 0 Å². The zero-order chi connectivity index (χ0) is 18.3. The molecule has 134 valence electrons. The van der Waals surface area contributed by atoms with E-state index in [1.165, 1.54) is 11.8 Å². The number of nitrogens with zero attached hydrogens (tertiary/aromatic N) is 1. The second-order valence-corrected chi connectivity index (χ2v) is 6.86. The van der Waals surface area contributed by atoms with Crippen LogP contribution in [-0.4, -0.2) is 29.7 Å². The Balaban J connectivity index is 1.78. The van der Waals surface area contributed by atoms with Crippen LogP contribution in [0.4, 0.5) is 0 Å². The molecule has 5 heteroatoms. The molecule has 1 amide bonds. The maximum absolute atomic E-state index is 12.2. The van der Waals surface area contributed by atoms with Crippen molar-refractivity contribution in [3.8, 4) is 5.88 Å². The Morgan fingerprint density at radius 1 is 1.08 bits per heavy atom. The molecule has 0 atom stereocenters. The lowest BCUT2D eigenvalue weighted by Gasteiger charge is -2.19. The first-order valence-electron chi connectivity index (χ1n) is 8.40. The highest BCUT2D eigenvalue weighted by molar-refractivity contribution is 5.93. The Morgan fingerprint density at radius 2 is 1.80 bits per heavy atom. The van der Waals surface area contributed by atoms with Crippen molar-refractivity contribution in [2.75, 3.05) is 13.2 Å². The molecule has 1 N–H and O–H groups in total. The van der Waals surface area contributed by atoms with Gasteiger partial charge in [-0.1, -0.05) is 29.8 Å². The second-order valence-electron chi connectivity index (χ2n) is 6.86. The van der Waals surface area contributed by atoms with Gasteiger partial charge in [-0.15, -0.1) is 0 Å². The van der Waals surface area contributed by atoms with Crippen molar-refractivity contribution in [3.05, 3.63) is 59.3 Å². The van der Waals surface area contributed by atoms with Crippen LogP contribution in [-0.2, 0) is 11.3 Å². The van der Waals surface area contributed by atoms with Crippen LogP contribution in [0.1, 0.15) is 42.3 Å². The van der Waals surface area contributed by atoms with Crippen LogP contribution < -0.4 is 10.1 Å². The van der Waals surface area contributed by atoms with Gasteiger partial charge in [-0.05, 0) is 39.3 Å². The van der Waals surface area contributed by atoms with Crippen LogP contribution in [0.5, 0.6) is 5.88 Å². The molecule has 25 heavy (non-hydrogen) atoms. The Hall–Kier alpha value is -2.40. The molecule has 0 aliphatic carbocycles. The number of nitrogens with one attached hydrogen (secondary N) is 1. The summed E-state index contributed by atoms with van der Waals surface area (Å²) in [7, 11) is 0. The van der Waals surface area contributed by atoms with Gasteiger partial charge in [0.25, 0.3) is 5.91 Å². The van der Waals surface area contributed by atoms with E-state index in [1.807, 2.05) is 52.0 Å². The van der Waals surface area contributed by atoms with Crippen LogP contribution in [0, 0.1) is 6.92 Å². The van der Waals surface area contributed by atoms with E-state index in [0.29, 0.717) is 31.2 Å². The summed E-state index contributed by atoms with van der Waals surface area (Å²) in [6, 6.07) is 11.5. The number of rotatable bonds is 7. The first kappa shape index (κ1) is 18.9. The SMILES string of the molecule is Cc1ccc(CNC(=O)c2ccc(OCCOC(C)(C)C)nc2)cc1. The van der Waals surface area contributed by atoms with Crippen LogP contribution in [0.2, 0.25) is 0 Å². The standard InChI is InChI=1S/C20H26N2O3/c1-15-5-7-16(8-6-15)13-22-19(23)17-9-10-18(21-14-17)24-11-12-25-20(2,3)4/h5-10,14H,11-13H2,1-4H3,(H,22,23). The van der Waals surface area contributed by atoms with Gasteiger partial charge in [-0.3, -0.25) is 4.79 Å². The van der Waals surface area contributed by atoms with Gasteiger partial charge >= 0.3 is 0 Å². The number of carbonyl (C=O) groups excluding carboxylic acids is 1. The molecule has 0 bridgehead atoms. The fourth-order valence-electron chi connectivity index (χ4n) is 2.08. The van der Waals surface area contributed by atoms with Crippen LogP contribution >= 0.6 is 0 Å². The molecule has 0 radical (unpaired) electrons. The average molecular weight is 342 g/mol. The Labute approximate surface area is 149 Å². The van der Waals surface area contributed by atoms with Gasteiger partial charge in [-0.25, -0.2) is 4.98 Å².